The van der Waals surface area contributed by atoms with E-state index in [1.54, 1.807) is 23.1 Å². The van der Waals surface area contributed by atoms with Gasteiger partial charge in [0.05, 0.1) is 11.4 Å². The minimum atomic E-state index is -1.08. The van der Waals surface area contributed by atoms with Crippen molar-refractivity contribution in [2.45, 2.75) is 17.7 Å². The number of nitrogens with one attached hydrogen (secondary N) is 1. The number of fused-ring (bicyclic) bond motifs is 3. The zero-order valence-electron chi connectivity index (χ0n) is 15.1. The lowest BCUT2D eigenvalue weighted by molar-refractivity contribution is -0.105. The second kappa shape index (κ2) is 7.05. The molecule has 3 N–H and O–H groups in total. The lowest BCUT2D eigenvalue weighted by Crippen LogP contribution is -2.15. The van der Waals surface area contributed by atoms with Gasteiger partial charge < -0.3 is 11.1 Å². The smallest absolute Gasteiger partial charge is 0.269 e. The zero-order valence-corrected chi connectivity index (χ0v) is 16.0. The Morgan fingerprint density at radius 1 is 1.21 bits per heavy atom. The molecule has 8 heteroatoms. The number of amides is 2. The third-order valence-electron chi connectivity index (χ3n) is 4.87. The van der Waals surface area contributed by atoms with E-state index in [1.807, 2.05) is 30.3 Å². The van der Waals surface area contributed by atoms with Crippen LogP contribution in [-0.2, 0) is 28.4 Å². The third kappa shape index (κ3) is 3.01. The quantitative estimate of drug-likeness (QED) is 0.646. The normalized spacial score (nSPS) is 13.3. The summed E-state index contributed by atoms with van der Waals surface area (Å²) in [6.07, 6.45) is 3.65. The van der Waals surface area contributed by atoms with Crippen LogP contribution in [0.5, 0.6) is 0 Å². The number of primary amides is 1. The van der Waals surface area contributed by atoms with Crippen LogP contribution in [0.3, 0.4) is 0 Å². The fourth-order valence-corrected chi connectivity index (χ4v) is 4.08. The first-order chi connectivity index (χ1) is 13.5. The van der Waals surface area contributed by atoms with Gasteiger partial charge in [0.25, 0.3) is 5.91 Å². The molecule has 4 rings (SSSR count). The number of nitrogens with two attached hydrogens (primary N) is 1. The number of anilines is 1. The Kier molecular flexibility index (Phi) is 4.56. The minimum absolute atomic E-state index is 0.248. The average molecular weight is 394 g/mol. The van der Waals surface area contributed by atoms with E-state index < -0.39 is 16.7 Å². The topological polar surface area (TPSA) is 107 Å². The summed E-state index contributed by atoms with van der Waals surface area (Å²) in [5.41, 5.74) is 10.8. The Labute approximate surface area is 164 Å². The predicted octanol–water partition coefficient (Wildman–Crippen LogP) is 2.04. The number of benzene rings is 2. The molecule has 0 saturated carbocycles. The van der Waals surface area contributed by atoms with E-state index in [9.17, 15) is 13.8 Å². The molecule has 1 aromatic heterocycles. The van der Waals surface area contributed by atoms with Crippen LogP contribution in [0.1, 0.15) is 21.6 Å². The van der Waals surface area contributed by atoms with Gasteiger partial charge in [-0.25, -0.2) is 4.68 Å². The molecule has 142 valence electrons. The largest absolute Gasteiger partial charge is 0.364 e. The number of aryl methyl sites for hydroxylation is 1. The summed E-state index contributed by atoms with van der Waals surface area (Å²) in [5.74, 6) is -0.577. The third-order valence-corrected chi connectivity index (χ3v) is 5.80. The summed E-state index contributed by atoms with van der Waals surface area (Å²) in [4.78, 5) is 23.5. The molecule has 0 radical (unpaired) electrons. The van der Waals surface area contributed by atoms with Crippen LogP contribution in [0.15, 0.2) is 47.4 Å². The van der Waals surface area contributed by atoms with Crippen LogP contribution < -0.4 is 11.1 Å². The van der Waals surface area contributed by atoms with Gasteiger partial charge in [-0.3, -0.25) is 13.8 Å². The van der Waals surface area contributed by atoms with E-state index in [1.165, 1.54) is 0 Å². The maximum Gasteiger partial charge on any atom is 0.269 e. The van der Waals surface area contributed by atoms with E-state index in [0.717, 1.165) is 34.5 Å². The Bertz CT molecular complexity index is 1120. The van der Waals surface area contributed by atoms with Gasteiger partial charge in [0.1, 0.15) is 0 Å². The van der Waals surface area contributed by atoms with Gasteiger partial charge in [-0.05, 0) is 54.8 Å². The molecule has 1 heterocycles. The van der Waals surface area contributed by atoms with Crippen molar-refractivity contribution in [2.24, 2.45) is 5.73 Å². The summed E-state index contributed by atoms with van der Waals surface area (Å²) >= 11 is 0. The molecule has 3 aromatic rings. The van der Waals surface area contributed by atoms with Crippen LogP contribution in [0.4, 0.5) is 5.69 Å². The maximum absolute atomic E-state index is 12.0. The van der Waals surface area contributed by atoms with Crippen LogP contribution in [0.25, 0.3) is 16.9 Å². The van der Waals surface area contributed by atoms with Gasteiger partial charge in [-0.15, -0.1) is 0 Å². The molecular weight excluding hydrogens is 376 g/mol. The number of rotatable bonds is 5. The van der Waals surface area contributed by atoms with Gasteiger partial charge in [0.2, 0.25) is 6.41 Å². The molecule has 0 fully saturated rings. The summed E-state index contributed by atoms with van der Waals surface area (Å²) in [6.45, 7) is 0. The van der Waals surface area contributed by atoms with E-state index in [4.69, 9.17) is 5.73 Å². The van der Waals surface area contributed by atoms with Crippen molar-refractivity contribution in [3.05, 3.63) is 59.3 Å². The van der Waals surface area contributed by atoms with E-state index in [2.05, 4.69) is 10.4 Å². The maximum atomic E-state index is 12.0. The number of hydrogen-bond donors (Lipinski definition) is 2. The van der Waals surface area contributed by atoms with Gasteiger partial charge in [0, 0.05) is 38.8 Å². The Morgan fingerprint density at radius 3 is 2.61 bits per heavy atom. The number of hydrogen-bond acceptors (Lipinski definition) is 4. The van der Waals surface area contributed by atoms with Crippen molar-refractivity contribution in [1.82, 2.24) is 9.78 Å². The second-order valence-corrected chi connectivity index (χ2v) is 7.91. The van der Waals surface area contributed by atoms with E-state index in [0.29, 0.717) is 23.4 Å². The van der Waals surface area contributed by atoms with Gasteiger partial charge >= 0.3 is 0 Å². The number of nitrogens with zero attached hydrogens (tertiary/aromatic N) is 2. The van der Waals surface area contributed by atoms with E-state index in [-0.39, 0.29) is 5.69 Å². The van der Waals surface area contributed by atoms with Crippen LogP contribution in [-0.4, -0.2) is 32.6 Å². The van der Waals surface area contributed by atoms with Gasteiger partial charge in [0.15, 0.2) is 5.69 Å². The number of carbonyl (C=O) groups excluding carboxylic acids is 2. The lowest BCUT2D eigenvalue weighted by atomic mass is 9.88. The van der Waals surface area contributed by atoms with Crippen LogP contribution >= 0.6 is 0 Å². The molecule has 1 aliphatic carbocycles. The molecule has 28 heavy (non-hydrogen) atoms. The van der Waals surface area contributed by atoms with Crippen LogP contribution in [0.2, 0.25) is 0 Å². The molecular formula is C20H18N4O3S. The molecule has 0 saturated heterocycles. The van der Waals surface area contributed by atoms with Crippen molar-refractivity contribution >= 4 is 28.8 Å². The lowest BCUT2D eigenvalue weighted by Gasteiger charge is -2.19. The molecule has 1 unspecified atom stereocenters. The van der Waals surface area contributed by atoms with Crippen LogP contribution in [0, 0.1) is 0 Å². The summed E-state index contributed by atoms with van der Waals surface area (Å²) in [5, 5.41) is 7.15. The van der Waals surface area contributed by atoms with Crippen molar-refractivity contribution in [3.8, 4) is 16.9 Å². The molecule has 7 nitrogen and oxygen atoms in total. The minimum Gasteiger partial charge on any atom is -0.364 e. The number of carbonyl (C=O) groups is 2. The highest BCUT2D eigenvalue weighted by Crippen LogP contribution is 2.38. The Balaban J connectivity index is 1.94. The summed E-state index contributed by atoms with van der Waals surface area (Å²) in [6, 6.07) is 12.9. The molecule has 2 aromatic carbocycles. The molecule has 0 bridgehead atoms. The molecule has 2 amide bonds. The molecule has 1 aliphatic rings. The number of aromatic nitrogens is 2. The highest BCUT2D eigenvalue weighted by molar-refractivity contribution is 7.84. The standard InChI is InChI=1S/C20H18N4O3S/c1-28(27)15-7-5-14(6-8-15)24-19-16(18(23-24)20(21)26)9-3-12-2-4-13(22-11-25)10-17(12)19/h2,4-8,10-11H,3,9H2,1H3,(H2,21,26)(H,22,25). The first kappa shape index (κ1) is 18.1. The van der Waals surface area contributed by atoms with E-state index >= 15 is 0 Å². The first-order valence-corrected chi connectivity index (χ1v) is 10.2. The highest BCUT2D eigenvalue weighted by Gasteiger charge is 2.28. The highest BCUT2D eigenvalue weighted by atomic mass is 32.2. The second-order valence-electron chi connectivity index (χ2n) is 6.53. The van der Waals surface area contributed by atoms with Crippen molar-refractivity contribution in [3.63, 3.8) is 0 Å². The van der Waals surface area contributed by atoms with Crippen molar-refractivity contribution in [1.29, 1.82) is 0 Å². The average Bonchev–Trinajstić information content (AvgIpc) is 3.09. The first-order valence-electron chi connectivity index (χ1n) is 8.68. The van der Waals surface area contributed by atoms with Crippen molar-refractivity contribution < 1.29 is 13.8 Å². The Morgan fingerprint density at radius 2 is 1.96 bits per heavy atom. The fraction of sp³-hybridized carbons (Fsp3) is 0.150. The van der Waals surface area contributed by atoms with Gasteiger partial charge in [-0.2, -0.15) is 5.10 Å². The summed E-state index contributed by atoms with van der Waals surface area (Å²) < 4.78 is 13.4. The fourth-order valence-electron chi connectivity index (χ4n) is 3.56. The summed E-state index contributed by atoms with van der Waals surface area (Å²) in [7, 11) is -1.08. The van der Waals surface area contributed by atoms with Crippen molar-refractivity contribution in [2.75, 3.05) is 11.6 Å². The Hall–Kier alpha value is -3.26. The SMILES string of the molecule is CS(=O)c1ccc(-n2nc(C(N)=O)c3c2-c2cc(NC=O)ccc2CC3)cc1. The van der Waals surface area contributed by atoms with Gasteiger partial charge in [-0.1, -0.05) is 6.07 Å². The molecule has 0 spiro atoms. The monoisotopic (exact) mass is 394 g/mol. The predicted molar refractivity (Wildman–Crippen MR) is 107 cm³/mol. The zero-order chi connectivity index (χ0) is 19.8. The molecule has 0 aliphatic heterocycles. The molecule has 1 atom stereocenters.